The fourth-order valence-corrected chi connectivity index (χ4v) is 3.34. The molecule has 1 aliphatic rings. The van der Waals surface area contributed by atoms with Gasteiger partial charge in [0.1, 0.15) is 0 Å². The maximum atomic E-state index is 12.1. The van der Waals surface area contributed by atoms with Gasteiger partial charge in [-0.05, 0) is 18.2 Å². The summed E-state index contributed by atoms with van der Waals surface area (Å²) in [6, 6.07) is 5.56. The summed E-state index contributed by atoms with van der Waals surface area (Å²) >= 11 is 1.38. The predicted octanol–water partition coefficient (Wildman–Crippen LogP) is 2.42. The molecule has 138 valence electrons. The Morgan fingerprint density at radius 3 is 2.84 bits per heavy atom. The van der Waals surface area contributed by atoms with E-state index in [0.29, 0.717) is 24.8 Å². The predicted molar refractivity (Wildman–Crippen MR) is 104 cm³/mol. The Balaban J connectivity index is 0.00000156. The third-order valence-corrected chi connectivity index (χ3v) is 4.32. The second-order valence-corrected chi connectivity index (χ2v) is 6.39. The topological polar surface area (TPSA) is 92.4 Å². The van der Waals surface area contributed by atoms with Gasteiger partial charge in [-0.1, -0.05) is 11.3 Å². The number of anilines is 2. The summed E-state index contributed by atoms with van der Waals surface area (Å²) in [6.45, 7) is 3.47. The van der Waals surface area contributed by atoms with E-state index in [0.717, 1.165) is 22.4 Å². The largest absolute Gasteiger partial charge is 0.378 e. The third-order valence-electron chi connectivity index (χ3n) is 3.39. The number of amides is 2. The molecule has 1 fully saturated rings. The normalized spacial score (nSPS) is 16.4. The molecule has 1 saturated heterocycles. The Labute approximate surface area is 161 Å². The van der Waals surface area contributed by atoms with E-state index in [1.54, 1.807) is 0 Å². The molecule has 7 nitrogen and oxygen atoms in total. The van der Waals surface area contributed by atoms with Crippen molar-refractivity contribution in [2.24, 2.45) is 0 Å². The molecule has 1 unspecified atom stereocenters. The molecule has 25 heavy (non-hydrogen) atoms. The number of nitrogens with zero attached hydrogens (tertiary/aromatic N) is 1. The standard InChI is InChI=1S/C15H18N4O3S.2ClH/c1-9(20)17-15-19-12-3-2-10(6-13(12)23-15)18-14(21)7-11-8-22-5-4-16-11;;/h2-3,6,11,16H,4-5,7-8H2,1H3,(H,18,21)(H,17,19,20);2*1H. The molecule has 3 rings (SSSR count). The van der Waals surface area contributed by atoms with Crippen molar-refractivity contribution >= 4 is 69.0 Å². The van der Waals surface area contributed by atoms with Gasteiger partial charge in [-0.15, -0.1) is 24.8 Å². The number of benzene rings is 1. The second-order valence-electron chi connectivity index (χ2n) is 5.36. The first-order chi connectivity index (χ1) is 11.1. The van der Waals surface area contributed by atoms with Gasteiger partial charge in [0.15, 0.2) is 5.13 Å². The number of morpholine rings is 1. The van der Waals surface area contributed by atoms with Crippen molar-refractivity contribution in [2.45, 2.75) is 19.4 Å². The number of halogens is 2. The first kappa shape index (κ1) is 21.6. The minimum atomic E-state index is -0.153. The highest BCUT2D eigenvalue weighted by Crippen LogP contribution is 2.28. The van der Waals surface area contributed by atoms with Gasteiger partial charge in [-0.3, -0.25) is 9.59 Å². The zero-order valence-electron chi connectivity index (χ0n) is 13.5. The van der Waals surface area contributed by atoms with Crippen LogP contribution in [0, 0.1) is 0 Å². The van der Waals surface area contributed by atoms with Crippen LogP contribution < -0.4 is 16.0 Å². The summed E-state index contributed by atoms with van der Waals surface area (Å²) in [5, 5.41) is 9.36. The number of nitrogens with one attached hydrogen (secondary N) is 3. The van der Waals surface area contributed by atoms with E-state index in [1.807, 2.05) is 18.2 Å². The molecule has 0 saturated carbocycles. The van der Waals surface area contributed by atoms with Gasteiger partial charge < -0.3 is 20.7 Å². The molecular weight excluding hydrogens is 387 g/mol. The van der Waals surface area contributed by atoms with Gasteiger partial charge in [-0.2, -0.15) is 0 Å². The first-order valence-corrected chi connectivity index (χ1v) is 8.21. The van der Waals surface area contributed by atoms with Crippen molar-refractivity contribution in [3.05, 3.63) is 18.2 Å². The van der Waals surface area contributed by atoms with E-state index >= 15 is 0 Å². The van der Waals surface area contributed by atoms with Crippen LogP contribution in [0.5, 0.6) is 0 Å². The maximum Gasteiger partial charge on any atom is 0.226 e. The van der Waals surface area contributed by atoms with E-state index < -0.39 is 0 Å². The average Bonchev–Trinajstić information content (AvgIpc) is 2.88. The summed E-state index contributed by atoms with van der Waals surface area (Å²) in [5.41, 5.74) is 1.51. The van der Waals surface area contributed by atoms with Gasteiger partial charge in [0.25, 0.3) is 0 Å². The molecule has 10 heteroatoms. The van der Waals surface area contributed by atoms with E-state index in [2.05, 4.69) is 20.9 Å². The highest BCUT2D eigenvalue weighted by Gasteiger charge is 2.17. The van der Waals surface area contributed by atoms with Crippen LogP contribution in [0.4, 0.5) is 10.8 Å². The molecule has 2 amide bonds. The van der Waals surface area contributed by atoms with Crippen LogP contribution in [0.1, 0.15) is 13.3 Å². The lowest BCUT2D eigenvalue weighted by Crippen LogP contribution is -2.43. The quantitative estimate of drug-likeness (QED) is 0.724. The molecule has 1 aromatic carbocycles. The Bertz CT molecular complexity index is 735. The molecule has 0 aliphatic carbocycles. The zero-order chi connectivity index (χ0) is 16.2. The third kappa shape index (κ3) is 6.09. The van der Waals surface area contributed by atoms with Crippen molar-refractivity contribution in [3.63, 3.8) is 0 Å². The van der Waals surface area contributed by atoms with Crippen LogP contribution in [0.2, 0.25) is 0 Å². The number of aromatic nitrogens is 1. The molecule has 1 atom stereocenters. The van der Waals surface area contributed by atoms with Crippen molar-refractivity contribution < 1.29 is 14.3 Å². The Kier molecular flexibility index (Phi) is 8.54. The lowest BCUT2D eigenvalue weighted by Gasteiger charge is -2.23. The number of carbonyl (C=O) groups excluding carboxylic acids is 2. The van der Waals surface area contributed by atoms with E-state index in [9.17, 15) is 9.59 Å². The van der Waals surface area contributed by atoms with Gasteiger partial charge >= 0.3 is 0 Å². The van der Waals surface area contributed by atoms with E-state index in [4.69, 9.17) is 4.74 Å². The average molecular weight is 407 g/mol. The van der Waals surface area contributed by atoms with E-state index in [-0.39, 0.29) is 42.7 Å². The zero-order valence-corrected chi connectivity index (χ0v) is 16.0. The minimum absolute atomic E-state index is 0. The molecule has 1 aromatic heterocycles. The molecule has 2 aromatic rings. The lowest BCUT2D eigenvalue weighted by molar-refractivity contribution is -0.117. The highest BCUT2D eigenvalue weighted by atomic mass is 35.5. The molecule has 3 N–H and O–H groups in total. The Morgan fingerprint density at radius 2 is 2.16 bits per heavy atom. The summed E-state index contributed by atoms with van der Waals surface area (Å²) < 4.78 is 6.25. The summed E-state index contributed by atoms with van der Waals surface area (Å²) in [4.78, 5) is 27.5. The van der Waals surface area contributed by atoms with Gasteiger partial charge in [0.05, 0.1) is 23.4 Å². The maximum absolute atomic E-state index is 12.1. The molecule has 0 radical (unpaired) electrons. The first-order valence-electron chi connectivity index (χ1n) is 7.39. The van der Waals surface area contributed by atoms with Crippen molar-refractivity contribution in [1.29, 1.82) is 0 Å². The summed E-state index contributed by atoms with van der Waals surface area (Å²) in [7, 11) is 0. The fourth-order valence-electron chi connectivity index (χ4n) is 2.39. The van der Waals surface area contributed by atoms with Crippen molar-refractivity contribution in [3.8, 4) is 0 Å². The summed E-state index contributed by atoms with van der Waals surface area (Å²) in [6.07, 6.45) is 0.373. The number of fused-ring (bicyclic) bond motifs is 1. The number of ether oxygens (including phenoxy) is 1. The number of hydrogen-bond acceptors (Lipinski definition) is 6. The van der Waals surface area contributed by atoms with Gasteiger partial charge in [0.2, 0.25) is 11.8 Å². The number of carbonyl (C=O) groups is 2. The smallest absolute Gasteiger partial charge is 0.226 e. The molecule has 0 spiro atoms. The SMILES string of the molecule is CC(=O)Nc1nc2ccc(NC(=O)CC3COCCN3)cc2s1.Cl.Cl. The highest BCUT2D eigenvalue weighted by molar-refractivity contribution is 7.22. The second kappa shape index (κ2) is 9.88. The lowest BCUT2D eigenvalue weighted by atomic mass is 10.2. The van der Waals surface area contributed by atoms with Crippen LogP contribution in [0.15, 0.2) is 18.2 Å². The van der Waals surface area contributed by atoms with Crippen LogP contribution in [-0.2, 0) is 14.3 Å². The van der Waals surface area contributed by atoms with Gasteiger partial charge in [-0.25, -0.2) is 4.98 Å². The van der Waals surface area contributed by atoms with Crippen molar-refractivity contribution in [2.75, 3.05) is 30.4 Å². The number of hydrogen-bond donors (Lipinski definition) is 3. The minimum Gasteiger partial charge on any atom is -0.378 e. The number of rotatable bonds is 4. The Hall–Kier alpha value is -1.45. The molecular formula is C15H20Cl2N4O3S. The summed E-state index contributed by atoms with van der Waals surface area (Å²) in [5.74, 6) is -0.210. The van der Waals surface area contributed by atoms with E-state index in [1.165, 1.54) is 18.3 Å². The fraction of sp³-hybridized carbons (Fsp3) is 0.400. The monoisotopic (exact) mass is 406 g/mol. The van der Waals surface area contributed by atoms with Gasteiger partial charge in [0, 0.05) is 31.6 Å². The molecule has 0 bridgehead atoms. The van der Waals surface area contributed by atoms with Crippen LogP contribution in [0.25, 0.3) is 10.2 Å². The van der Waals surface area contributed by atoms with Crippen LogP contribution >= 0.6 is 36.2 Å². The Morgan fingerprint density at radius 1 is 1.36 bits per heavy atom. The number of thiazole rings is 1. The molecule has 1 aliphatic heterocycles. The molecule has 2 heterocycles. The van der Waals surface area contributed by atoms with Crippen LogP contribution in [-0.4, -0.2) is 42.6 Å². The van der Waals surface area contributed by atoms with Crippen molar-refractivity contribution in [1.82, 2.24) is 10.3 Å². The van der Waals surface area contributed by atoms with Crippen LogP contribution in [0.3, 0.4) is 0 Å².